The van der Waals surface area contributed by atoms with E-state index in [-0.39, 0.29) is 5.78 Å². The van der Waals surface area contributed by atoms with Gasteiger partial charge in [-0.3, -0.25) is 18.7 Å². The maximum atomic E-state index is 13.6. The maximum absolute atomic E-state index is 13.6. The fourth-order valence-electron chi connectivity index (χ4n) is 5.34. The van der Waals surface area contributed by atoms with Crippen LogP contribution in [0.2, 0.25) is 0 Å². The van der Waals surface area contributed by atoms with Crippen molar-refractivity contribution in [3.05, 3.63) is 110 Å². The fourth-order valence-corrected chi connectivity index (χ4v) is 5.34. The van der Waals surface area contributed by atoms with Crippen molar-refractivity contribution in [2.45, 2.75) is 25.2 Å². The van der Waals surface area contributed by atoms with Gasteiger partial charge in [-0.1, -0.05) is 48.5 Å². The van der Waals surface area contributed by atoms with Crippen LogP contribution >= 0.6 is 0 Å². The number of anilines is 1. The summed E-state index contributed by atoms with van der Waals surface area (Å²) in [5.74, 6) is -0.197. The number of fused-ring (bicyclic) bond motifs is 1. The van der Waals surface area contributed by atoms with Gasteiger partial charge in [0, 0.05) is 49.1 Å². The molecule has 180 valence electrons. The van der Waals surface area contributed by atoms with E-state index in [9.17, 15) is 14.4 Å². The smallest absolute Gasteiger partial charge is 0.332 e. The number of allylic oxidation sites excluding steroid dienone is 2. The Bertz CT molecular complexity index is 1660. The first-order chi connectivity index (χ1) is 17.5. The average Bonchev–Trinajstić information content (AvgIpc) is 3.36. The van der Waals surface area contributed by atoms with Crippen LogP contribution in [0.15, 0.2) is 87.7 Å². The summed E-state index contributed by atoms with van der Waals surface area (Å²) in [5, 5.41) is 8.22. The van der Waals surface area contributed by atoms with Gasteiger partial charge in [0.05, 0.1) is 22.9 Å². The molecule has 0 saturated carbocycles. The van der Waals surface area contributed by atoms with Crippen molar-refractivity contribution in [2.75, 3.05) is 5.32 Å². The Balaban J connectivity index is 1.70. The number of aromatic nitrogens is 4. The molecule has 8 heteroatoms. The van der Waals surface area contributed by atoms with Crippen molar-refractivity contribution in [3.8, 4) is 16.9 Å². The molecule has 0 saturated heterocycles. The Kier molecular flexibility index (Phi) is 5.10. The van der Waals surface area contributed by atoms with E-state index in [1.165, 1.54) is 11.6 Å². The van der Waals surface area contributed by atoms with Crippen LogP contribution in [0.3, 0.4) is 0 Å². The predicted octanol–water partition coefficient (Wildman–Crippen LogP) is 3.50. The molecule has 0 spiro atoms. The van der Waals surface area contributed by atoms with Gasteiger partial charge in [0.2, 0.25) is 0 Å². The van der Waals surface area contributed by atoms with Crippen molar-refractivity contribution in [1.29, 1.82) is 0 Å². The highest BCUT2D eigenvalue weighted by atomic mass is 16.2. The molecule has 2 aromatic heterocycles. The second-order valence-corrected chi connectivity index (χ2v) is 9.27. The third-order valence-electron chi connectivity index (χ3n) is 7.12. The largest absolute Gasteiger partial charge is 0.344 e. The van der Waals surface area contributed by atoms with E-state index in [1.54, 1.807) is 11.7 Å². The molecule has 8 nitrogen and oxygen atoms in total. The fraction of sp³-hybridized carbons (Fsp3) is 0.214. The molecule has 1 aliphatic heterocycles. The second kappa shape index (κ2) is 8.34. The second-order valence-electron chi connectivity index (χ2n) is 9.27. The first-order valence-electron chi connectivity index (χ1n) is 12.0. The molecule has 36 heavy (non-hydrogen) atoms. The summed E-state index contributed by atoms with van der Waals surface area (Å²) in [6.45, 7) is 0. The Labute approximate surface area is 207 Å². The SMILES string of the molecule is Cn1c2c(c(=O)n(C)c1=O)C(c1cn(-c3ccccc3)nc1-c1ccccc1)C1=C(CCCC1=O)N2. The van der Waals surface area contributed by atoms with Gasteiger partial charge in [0.25, 0.3) is 5.56 Å². The van der Waals surface area contributed by atoms with Crippen LogP contribution in [0.25, 0.3) is 16.9 Å². The minimum Gasteiger partial charge on any atom is -0.344 e. The highest BCUT2D eigenvalue weighted by molar-refractivity contribution is 6.01. The minimum atomic E-state index is -0.651. The molecular weight excluding hydrogens is 454 g/mol. The van der Waals surface area contributed by atoms with Crippen molar-refractivity contribution in [3.63, 3.8) is 0 Å². The zero-order valence-corrected chi connectivity index (χ0v) is 20.1. The van der Waals surface area contributed by atoms with Gasteiger partial charge in [-0.25, -0.2) is 9.48 Å². The summed E-state index contributed by atoms with van der Waals surface area (Å²) in [6.07, 6.45) is 3.73. The lowest BCUT2D eigenvalue weighted by molar-refractivity contribution is -0.116. The number of carbonyl (C=O) groups excluding carboxylic acids is 1. The van der Waals surface area contributed by atoms with Crippen LogP contribution in [0, 0.1) is 0 Å². The van der Waals surface area contributed by atoms with E-state index < -0.39 is 17.2 Å². The van der Waals surface area contributed by atoms with Gasteiger partial charge in [-0.05, 0) is 25.0 Å². The number of carbonyl (C=O) groups is 1. The normalized spacial score (nSPS) is 16.9. The van der Waals surface area contributed by atoms with Crippen LogP contribution in [0.5, 0.6) is 0 Å². The molecule has 0 amide bonds. The topological polar surface area (TPSA) is 90.9 Å². The lowest BCUT2D eigenvalue weighted by Crippen LogP contribution is -2.44. The Morgan fingerprint density at radius 1 is 0.889 bits per heavy atom. The molecule has 2 aliphatic rings. The number of rotatable bonds is 3. The summed E-state index contributed by atoms with van der Waals surface area (Å²) in [7, 11) is 3.12. The summed E-state index contributed by atoms with van der Waals surface area (Å²) >= 11 is 0. The molecule has 0 fully saturated rings. The number of nitrogens with zero attached hydrogens (tertiary/aromatic N) is 4. The molecule has 1 N–H and O–H groups in total. The van der Waals surface area contributed by atoms with Crippen LogP contribution < -0.4 is 16.6 Å². The van der Waals surface area contributed by atoms with Crippen LogP contribution in [0.4, 0.5) is 5.82 Å². The molecule has 1 unspecified atom stereocenters. The Morgan fingerprint density at radius 2 is 1.58 bits per heavy atom. The maximum Gasteiger partial charge on any atom is 0.332 e. The van der Waals surface area contributed by atoms with Gasteiger partial charge in [0.15, 0.2) is 5.78 Å². The quantitative estimate of drug-likeness (QED) is 0.486. The van der Waals surface area contributed by atoms with Crippen molar-refractivity contribution < 1.29 is 4.79 Å². The molecule has 0 radical (unpaired) electrons. The van der Waals surface area contributed by atoms with Gasteiger partial charge in [0.1, 0.15) is 5.82 Å². The molecule has 3 heterocycles. The zero-order valence-electron chi connectivity index (χ0n) is 20.1. The number of hydrogen-bond acceptors (Lipinski definition) is 5. The summed E-state index contributed by atoms with van der Waals surface area (Å²) in [6, 6.07) is 19.5. The van der Waals surface area contributed by atoms with Gasteiger partial charge in [-0.2, -0.15) is 5.10 Å². The standard InChI is InChI=1S/C28H25N5O3/c1-31-26-24(27(35)32(2)28(31)36)22(23-20(29-26)14-9-15-21(23)34)19-16-33(18-12-7-4-8-13-18)30-25(19)17-10-5-3-6-11-17/h3-8,10-13,16,22,29H,9,14-15H2,1-2H3. The lowest BCUT2D eigenvalue weighted by atomic mass is 9.76. The molecule has 2 aromatic carbocycles. The van der Waals surface area contributed by atoms with E-state index in [4.69, 9.17) is 5.10 Å². The van der Waals surface area contributed by atoms with E-state index >= 15 is 0 Å². The Hall–Kier alpha value is -4.46. The summed E-state index contributed by atoms with van der Waals surface area (Å²) in [5.41, 5.74) is 4.12. The highest BCUT2D eigenvalue weighted by Gasteiger charge is 2.40. The van der Waals surface area contributed by atoms with Crippen LogP contribution in [-0.2, 0) is 18.9 Å². The van der Waals surface area contributed by atoms with Crippen molar-refractivity contribution in [1.82, 2.24) is 18.9 Å². The van der Waals surface area contributed by atoms with E-state index in [1.807, 2.05) is 66.9 Å². The molecule has 4 aromatic rings. The van der Waals surface area contributed by atoms with E-state index in [0.717, 1.165) is 33.5 Å². The predicted molar refractivity (Wildman–Crippen MR) is 137 cm³/mol. The lowest BCUT2D eigenvalue weighted by Gasteiger charge is -2.34. The van der Waals surface area contributed by atoms with Crippen LogP contribution in [0.1, 0.15) is 36.3 Å². The first kappa shape index (κ1) is 22.0. The van der Waals surface area contributed by atoms with Gasteiger partial charge < -0.3 is 5.32 Å². The zero-order chi connectivity index (χ0) is 25.0. The van der Waals surface area contributed by atoms with Gasteiger partial charge in [-0.15, -0.1) is 0 Å². The number of ketones is 1. The number of Topliss-reactive ketones (excluding diaryl/α,β-unsaturated/α-hetero) is 1. The third-order valence-corrected chi connectivity index (χ3v) is 7.12. The number of para-hydroxylation sites is 1. The number of nitrogens with one attached hydrogen (secondary N) is 1. The van der Waals surface area contributed by atoms with Crippen LogP contribution in [-0.4, -0.2) is 24.7 Å². The van der Waals surface area contributed by atoms with Crippen molar-refractivity contribution in [2.24, 2.45) is 14.1 Å². The van der Waals surface area contributed by atoms with E-state index in [2.05, 4.69) is 5.32 Å². The molecular formula is C28H25N5O3. The minimum absolute atomic E-state index is 0.0155. The molecule has 0 bridgehead atoms. The summed E-state index contributed by atoms with van der Waals surface area (Å²) < 4.78 is 4.35. The summed E-state index contributed by atoms with van der Waals surface area (Å²) in [4.78, 5) is 39.8. The number of hydrogen-bond donors (Lipinski definition) is 1. The third kappa shape index (κ3) is 3.29. The molecule has 1 atom stereocenters. The number of benzene rings is 2. The molecule has 6 rings (SSSR count). The monoisotopic (exact) mass is 479 g/mol. The van der Waals surface area contributed by atoms with Crippen molar-refractivity contribution >= 4 is 11.6 Å². The highest BCUT2D eigenvalue weighted by Crippen LogP contribution is 2.46. The van der Waals surface area contributed by atoms with Gasteiger partial charge >= 0.3 is 5.69 Å². The first-order valence-corrected chi connectivity index (χ1v) is 12.0. The molecule has 1 aliphatic carbocycles. The Morgan fingerprint density at radius 3 is 2.31 bits per heavy atom. The average molecular weight is 480 g/mol. The van der Waals surface area contributed by atoms with E-state index in [0.29, 0.717) is 35.5 Å².